The van der Waals surface area contributed by atoms with E-state index in [4.69, 9.17) is 11.6 Å². The van der Waals surface area contributed by atoms with Gasteiger partial charge in [-0.15, -0.1) is 0 Å². The molecule has 1 fully saturated rings. The predicted octanol–water partition coefficient (Wildman–Crippen LogP) is 5.11. The summed E-state index contributed by atoms with van der Waals surface area (Å²) in [7, 11) is -3.43. The number of nitrogens with one attached hydrogen (secondary N) is 1. The molecule has 0 aliphatic carbocycles. The van der Waals surface area contributed by atoms with Crippen LogP contribution in [0.25, 0.3) is 0 Å². The maximum absolute atomic E-state index is 12.9. The molecular formula is C24H30Br2ClN3O3S. The molecule has 1 heterocycles. The molecule has 0 spiro atoms. The molecule has 1 saturated heterocycles. The minimum atomic E-state index is -3.43. The van der Waals surface area contributed by atoms with Crippen molar-refractivity contribution in [3.8, 4) is 0 Å². The lowest BCUT2D eigenvalue weighted by Crippen LogP contribution is -2.48. The Balaban J connectivity index is 1.70. The molecule has 1 amide bonds. The number of carbonyl (C=O) groups excluding carboxylic acids is 1. The quantitative estimate of drug-likeness (QED) is 0.437. The Morgan fingerprint density at radius 2 is 1.71 bits per heavy atom. The summed E-state index contributed by atoms with van der Waals surface area (Å²) in [5, 5.41) is 3.25. The fourth-order valence-corrected chi connectivity index (χ4v) is 6.72. The molecular weight excluding hydrogens is 606 g/mol. The first-order valence-electron chi connectivity index (χ1n) is 11.3. The molecule has 6 nitrogen and oxygen atoms in total. The Bertz CT molecular complexity index is 1130. The van der Waals surface area contributed by atoms with Gasteiger partial charge in [0.05, 0.1) is 10.6 Å². The van der Waals surface area contributed by atoms with E-state index < -0.39 is 9.84 Å². The normalized spacial score (nSPS) is 15.6. The maximum atomic E-state index is 12.9. The standard InChI is InChI=1S/C24H30Br2ClN3O3S/c1-4-34(32,33)23-6-5-19(27)11-18(23)14-28-24(31)17-12-21(25)20(22(26)13-17)15-29-7-9-30(10-8-29)16(2)3/h5-6,11-13,16H,4,7-10,14-15H2,1-3H3,(H,28,31). The van der Waals surface area contributed by atoms with Crippen molar-refractivity contribution in [3.05, 3.63) is 61.0 Å². The summed E-state index contributed by atoms with van der Waals surface area (Å²) in [4.78, 5) is 18.0. The molecule has 1 aliphatic heterocycles. The number of rotatable bonds is 8. The third-order valence-corrected chi connectivity index (χ3v) is 9.58. The van der Waals surface area contributed by atoms with E-state index in [1.807, 2.05) is 12.1 Å². The lowest BCUT2D eigenvalue weighted by Gasteiger charge is -2.37. The van der Waals surface area contributed by atoms with Gasteiger partial charge in [0.1, 0.15) is 0 Å². The topological polar surface area (TPSA) is 69.7 Å². The maximum Gasteiger partial charge on any atom is 0.251 e. The number of nitrogens with zero attached hydrogens (tertiary/aromatic N) is 2. The van der Waals surface area contributed by atoms with E-state index in [0.717, 1.165) is 47.2 Å². The van der Waals surface area contributed by atoms with Gasteiger partial charge in [-0.05, 0) is 55.3 Å². The molecule has 0 atom stereocenters. The molecule has 2 aromatic rings. The van der Waals surface area contributed by atoms with Crippen LogP contribution in [0.3, 0.4) is 0 Å². The van der Waals surface area contributed by atoms with Crippen molar-refractivity contribution in [1.82, 2.24) is 15.1 Å². The second-order valence-corrected chi connectivity index (χ2v) is 13.1. The predicted molar refractivity (Wildman–Crippen MR) is 144 cm³/mol. The van der Waals surface area contributed by atoms with Crippen LogP contribution in [-0.4, -0.2) is 62.1 Å². The Hall–Kier alpha value is -0.970. The number of amides is 1. The van der Waals surface area contributed by atoms with Gasteiger partial charge >= 0.3 is 0 Å². The van der Waals surface area contributed by atoms with Gasteiger partial charge in [0.2, 0.25) is 0 Å². The van der Waals surface area contributed by atoms with E-state index in [1.54, 1.807) is 19.1 Å². The first-order valence-corrected chi connectivity index (χ1v) is 14.9. The molecule has 0 radical (unpaired) electrons. The number of sulfone groups is 1. The van der Waals surface area contributed by atoms with Crippen molar-refractivity contribution >= 4 is 59.2 Å². The lowest BCUT2D eigenvalue weighted by atomic mass is 10.1. The van der Waals surface area contributed by atoms with Crippen molar-refractivity contribution in [2.24, 2.45) is 0 Å². The van der Waals surface area contributed by atoms with Crippen LogP contribution >= 0.6 is 43.5 Å². The second-order valence-electron chi connectivity index (χ2n) is 8.66. The minimum Gasteiger partial charge on any atom is -0.348 e. The minimum absolute atomic E-state index is 0.0244. The van der Waals surface area contributed by atoms with Crippen LogP contribution in [0, 0.1) is 0 Å². The smallest absolute Gasteiger partial charge is 0.251 e. The monoisotopic (exact) mass is 633 g/mol. The van der Waals surface area contributed by atoms with E-state index in [2.05, 4.69) is 60.8 Å². The molecule has 1 N–H and O–H groups in total. The van der Waals surface area contributed by atoms with Gasteiger partial charge in [-0.25, -0.2) is 8.42 Å². The zero-order valence-corrected chi connectivity index (χ0v) is 24.3. The molecule has 2 aromatic carbocycles. The van der Waals surface area contributed by atoms with E-state index >= 15 is 0 Å². The zero-order valence-electron chi connectivity index (χ0n) is 19.6. The molecule has 0 saturated carbocycles. The molecule has 0 bridgehead atoms. The average Bonchev–Trinajstić information content (AvgIpc) is 2.79. The lowest BCUT2D eigenvalue weighted by molar-refractivity contribution is 0.0950. The first kappa shape index (κ1) is 27.6. The van der Waals surface area contributed by atoms with Crippen molar-refractivity contribution in [3.63, 3.8) is 0 Å². The summed E-state index contributed by atoms with van der Waals surface area (Å²) in [6.07, 6.45) is 0. The van der Waals surface area contributed by atoms with E-state index in [9.17, 15) is 13.2 Å². The highest BCUT2D eigenvalue weighted by atomic mass is 79.9. The van der Waals surface area contributed by atoms with Gasteiger partial charge in [-0.2, -0.15) is 0 Å². The first-order chi connectivity index (χ1) is 16.0. The fourth-order valence-electron chi connectivity index (χ4n) is 3.97. The highest BCUT2D eigenvalue weighted by molar-refractivity contribution is 9.11. The molecule has 0 aromatic heterocycles. The van der Waals surface area contributed by atoms with E-state index in [-0.39, 0.29) is 23.1 Å². The fraction of sp³-hybridized carbons (Fsp3) is 0.458. The number of piperazine rings is 1. The van der Waals surface area contributed by atoms with Gasteiger partial charge in [0, 0.05) is 64.8 Å². The van der Waals surface area contributed by atoms with Crippen LogP contribution < -0.4 is 5.32 Å². The molecule has 10 heteroatoms. The van der Waals surface area contributed by atoms with Crippen molar-refractivity contribution in [2.45, 2.75) is 44.8 Å². The van der Waals surface area contributed by atoms with Crippen molar-refractivity contribution in [1.29, 1.82) is 0 Å². The number of carbonyl (C=O) groups is 1. The molecule has 0 unspecified atom stereocenters. The summed E-state index contributed by atoms with van der Waals surface area (Å²) in [6.45, 7) is 11.0. The summed E-state index contributed by atoms with van der Waals surface area (Å²) in [5.74, 6) is -0.318. The van der Waals surface area contributed by atoms with Gasteiger partial charge < -0.3 is 5.32 Å². The summed E-state index contributed by atoms with van der Waals surface area (Å²) in [5.41, 5.74) is 2.05. The Kier molecular flexibility index (Phi) is 9.62. The van der Waals surface area contributed by atoms with E-state index in [0.29, 0.717) is 22.2 Å². The van der Waals surface area contributed by atoms with Crippen LogP contribution in [0.15, 0.2) is 44.2 Å². The van der Waals surface area contributed by atoms with Gasteiger partial charge in [0.15, 0.2) is 9.84 Å². The highest BCUT2D eigenvalue weighted by Crippen LogP contribution is 2.29. The molecule has 3 rings (SSSR count). The largest absolute Gasteiger partial charge is 0.348 e. The van der Waals surface area contributed by atoms with Gasteiger partial charge in [-0.1, -0.05) is 50.4 Å². The van der Waals surface area contributed by atoms with Crippen molar-refractivity contribution < 1.29 is 13.2 Å². The van der Waals surface area contributed by atoms with Crippen LogP contribution in [-0.2, 0) is 22.9 Å². The Morgan fingerprint density at radius 3 is 2.26 bits per heavy atom. The zero-order chi connectivity index (χ0) is 25.0. The Labute approximate surface area is 224 Å². The van der Waals surface area contributed by atoms with Crippen LogP contribution in [0.5, 0.6) is 0 Å². The third kappa shape index (κ3) is 6.83. The highest BCUT2D eigenvalue weighted by Gasteiger charge is 2.22. The number of benzene rings is 2. The molecule has 34 heavy (non-hydrogen) atoms. The number of hydrogen-bond donors (Lipinski definition) is 1. The Morgan fingerprint density at radius 1 is 1.09 bits per heavy atom. The molecule has 1 aliphatic rings. The SMILES string of the molecule is CCS(=O)(=O)c1ccc(Cl)cc1CNC(=O)c1cc(Br)c(CN2CCN(C(C)C)CC2)c(Br)c1. The molecule has 186 valence electrons. The van der Waals surface area contributed by atoms with Crippen LogP contribution in [0.4, 0.5) is 0 Å². The summed E-state index contributed by atoms with van der Waals surface area (Å²) < 4.78 is 26.5. The third-order valence-electron chi connectivity index (χ3n) is 6.10. The summed E-state index contributed by atoms with van der Waals surface area (Å²) in [6, 6.07) is 8.79. The van der Waals surface area contributed by atoms with Gasteiger partial charge in [0.25, 0.3) is 5.91 Å². The van der Waals surface area contributed by atoms with Crippen LogP contribution in [0.1, 0.15) is 42.3 Å². The van der Waals surface area contributed by atoms with E-state index in [1.165, 1.54) is 6.07 Å². The average molecular weight is 636 g/mol. The second kappa shape index (κ2) is 11.8. The number of hydrogen-bond acceptors (Lipinski definition) is 5. The van der Waals surface area contributed by atoms with Crippen LogP contribution in [0.2, 0.25) is 5.02 Å². The van der Waals surface area contributed by atoms with Crippen molar-refractivity contribution in [2.75, 3.05) is 31.9 Å². The van der Waals surface area contributed by atoms with Gasteiger partial charge in [-0.3, -0.25) is 14.6 Å². The summed E-state index contributed by atoms with van der Waals surface area (Å²) >= 11 is 13.4. The number of halogens is 3.